The smallest absolute Gasteiger partial charge is 0.253 e. The summed E-state index contributed by atoms with van der Waals surface area (Å²) in [6.07, 6.45) is 0. The van der Waals surface area contributed by atoms with E-state index < -0.39 is 0 Å². The summed E-state index contributed by atoms with van der Waals surface area (Å²) in [6.45, 7) is 4.06. The largest absolute Gasteiger partial charge is 0.419 e. The Bertz CT molecular complexity index is 1080. The van der Waals surface area contributed by atoms with Crippen LogP contribution in [0.5, 0.6) is 0 Å². The molecule has 2 heterocycles. The van der Waals surface area contributed by atoms with Gasteiger partial charge in [-0.25, -0.2) is 4.39 Å². The lowest BCUT2D eigenvalue weighted by molar-refractivity contribution is 0.0745. The number of aromatic nitrogens is 1. The molecule has 0 spiro atoms. The zero-order valence-corrected chi connectivity index (χ0v) is 15.9. The Kier molecular flexibility index (Phi) is 5.00. The molecular weight excluding hydrogens is 371 g/mol. The lowest BCUT2D eigenvalue weighted by Gasteiger charge is -2.34. The molecule has 6 nitrogen and oxygen atoms in total. The van der Waals surface area contributed by atoms with Crippen LogP contribution >= 0.6 is 0 Å². The van der Waals surface area contributed by atoms with Gasteiger partial charge in [0.05, 0.1) is 0 Å². The number of carbonyl (C=O) groups excluding carboxylic acids is 1. The minimum atomic E-state index is -0.351. The van der Waals surface area contributed by atoms with Crippen molar-refractivity contribution >= 4 is 11.8 Å². The molecule has 0 radical (unpaired) electrons. The third kappa shape index (κ3) is 3.83. The molecular formula is C22H19FN4O2. The number of hydrogen-bond acceptors (Lipinski definition) is 5. The van der Waals surface area contributed by atoms with Gasteiger partial charge in [-0.05, 0) is 43.3 Å². The minimum absolute atomic E-state index is 0.00146. The van der Waals surface area contributed by atoms with Crippen molar-refractivity contribution in [2.45, 2.75) is 6.92 Å². The number of hydrogen-bond donors (Lipinski definition) is 0. The van der Waals surface area contributed by atoms with Crippen molar-refractivity contribution in [1.82, 2.24) is 9.88 Å². The van der Waals surface area contributed by atoms with Crippen LogP contribution in [-0.2, 0) is 0 Å². The first-order chi connectivity index (χ1) is 14.0. The Morgan fingerprint density at radius 2 is 1.86 bits per heavy atom. The summed E-state index contributed by atoms with van der Waals surface area (Å²) in [5.74, 6) is 0.304. The van der Waals surface area contributed by atoms with E-state index in [1.165, 1.54) is 12.1 Å². The predicted molar refractivity (Wildman–Crippen MR) is 106 cm³/mol. The van der Waals surface area contributed by atoms with E-state index in [2.05, 4.69) is 11.1 Å². The van der Waals surface area contributed by atoms with E-state index in [9.17, 15) is 14.4 Å². The number of oxazole rings is 1. The number of rotatable bonds is 3. The topological polar surface area (TPSA) is 73.4 Å². The maximum Gasteiger partial charge on any atom is 0.253 e. The summed E-state index contributed by atoms with van der Waals surface area (Å²) in [6, 6.07) is 15.4. The number of nitrogens with zero attached hydrogens (tertiary/aromatic N) is 4. The molecule has 0 atom stereocenters. The molecule has 3 aromatic rings. The molecule has 0 N–H and O–H groups in total. The highest BCUT2D eigenvalue weighted by molar-refractivity contribution is 5.94. The van der Waals surface area contributed by atoms with E-state index in [0.717, 1.165) is 5.56 Å². The van der Waals surface area contributed by atoms with Crippen LogP contribution in [0.2, 0.25) is 0 Å². The Morgan fingerprint density at radius 3 is 2.52 bits per heavy atom. The van der Waals surface area contributed by atoms with Crippen LogP contribution in [0.4, 0.5) is 10.3 Å². The van der Waals surface area contributed by atoms with Crippen molar-refractivity contribution in [3.05, 3.63) is 71.2 Å². The van der Waals surface area contributed by atoms with Gasteiger partial charge in [0, 0.05) is 37.3 Å². The van der Waals surface area contributed by atoms with Gasteiger partial charge in [-0.15, -0.1) is 0 Å². The summed E-state index contributed by atoms with van der Waals surface area (Å²) < 4.78 is 19.0. The fraction of sp³-hybridized carbons (Fsp3) is 0.227. The van der Waals surface area contributed by atoms with Crippen LogP contribution < -0.4 is 4.90 Å². The quantitative estimate of drug-likeness (QED) is 0.683. The van der Waals surface area contributed by atoms with E-state index in [-0.39, 0.29) is 23.3 Å². The maximum absolute atomic E-state index is 13.1. The second-order valence-corrected chi connectivity index (χ2v) is 6.94. The number of benzene rings is 2. The Hall–Kier alpha value is -3.66. The summed E-state index contributed by atoms with van der Waals surface area (Å²) in [5, 5.41) is 9.44. The second kappa shape index (κ2) is 7.76. The van der Waals surface area contributed by atoms with Crippen LogP contribution in [0.25, 0.3) is 11.5 Å². The van der Waals surface area contributed by atoms with Gasteiger partial charge < -0.3 is 14.2 Å². The molecule has 29 heavy (non-hydrogen) atoms. The average Bonchev–Trinajstić information content (AvgIpc) is 3.18. The van der Waals surface area contributed by atoms with Crippen LogP contribution in [0, 0.1) is 24.1 Å². The van der Waals surface area contributed by atoms with Gasteiger partial charge in [0.25, 0.3) is 5.91 Å². The lowest BCUT2D eigenvalue weighted by atomic mass is 10.1. The van der Waals surface area contributed by atoms with Crippen molar-refractivity contribution in [2.75, 3.05) is 31.1 Å². The first-order valence-electron chi connectivity index (χ1n) is 9.33. The predicted octanol–water partition coefficient (Wildman–Crippen LogP) is 3.62. The average molecular weight is 390 g/mol. The molecule has 1 aromatic heterocycles. The highest BCUT2D eigenvalue weighted by Gasteiger charge is 2.27. The van der Waals surface area contributed by atoms with Crippen LogP contribution in [-0.4, -0.2) is 42.0 Å². The molecule has 7 heteroatoms. The number of nitriles is 1. The van der Waals surface area contributed by atoms with Crippen LogP contribution in [0.3, 0.4) is 0 Å². The van der Waals surface area contributed by atoms with Crippen molar-refractivity contribution in [3.8, 4) is 17.5 Å². The molecule has 0 bridgehead atoms. The van der Waals surface area contributed by atoms with Gasteiger partial charge in [0.1, 0.15) is 11.9 Å². The molecule has 2 aromatic carbocycles. The standard InChI is InChI=1S/C22H19FN4O2/c1-15-3-2-4-17(13-15)21(28)26-9-11-27(12-10-26)22-19(14-24)25-20(29-22)16-5-7-18(23)8-6-16/h2-8,13H,9-12H2,1H3. The first-order valence-corrected chi connectivity index (χ1v) is 9.33. The van der Waals surface area contributed by atoms with Gasteiger partial charge in [0.2, 0.25) is 17.5 Å². The summed E-state index contributed by atoms with van der Waals surface area (Å²) in [7, 11) is 0. The molecule has 0 unspecified atom stereocenters. The van der Waals surface area contributed by atoms with Gasteiger partial charge in [-0.3, -0.25) is 4.79 Å². The van der Waals surface area contributed by atoms with E-state index in [1.54, 1.807) is 17.0 Å². The normalized spacial score (nSPS) is 14.0. The summed E-state index contributed by atoms with van der Waals surface area (Å²) in [4.78, 5) is 20.7. The SMILES string of the molecule is Cc1cccc(C(=O)N2CCN(c3oc(-c4ccc(F)cc4)nc3C#N)CC2)c1. The third-order valence-electron chi connectivity index (χ3n) is 4.93. The zero-order chi connectivity index (χ0) is 20.4. The van der Waals surface area contributed by atoms with Crippen molar-refractivity contribution in [2.24, 2.45) is 0 Å². The van der Waals surface area contributed by atoms with Crippen molar-refractivity contribution < 1.29 is 13.6 Å². The minimum Gasteiger partial charge on any atom is -0.419 e. The lowest BCUT2D eigenvalue weighted by Crippen LogP contribution is -2.48. The van der Waals surface area contributed by atoms with E-state index in [4.69, 9.17) is 4.42 Å². The molecule has 4 rings (SSSR count). The Morgan fingerprint density at radius 1 is 1.14 bits per heavy atom. The molecule has 1 aliphatic rings. The van der Waals surface area contributed by atoms with Crippen molar-refractivity contribution in [1.29, 1.82) is 5.26 Å². The Labute approximate surface area is 167 Å². The Balaban J connectivity index is 1.49. The molecule has 1 aliphatic heterocycles. The molecule has 1 amide bonds. The van der Waals surface area contributed by atoms with Crippen LogP contribution in [0.1, 0.15) is 21.6 Å². The molecule has 1 fully saturated rings. The number of carbonyl (C=O) groups is 1. The van der Waals surface area contributed by atoms with E-state index in [0.29, 0.717) is 43.2 Å². The molecule has 146 valence electrons. The number of piperazine rings is 1. The molecule has 0 saturated carbocycles. The number of halogens is 1. The third-order valence-corrected chi connectivity index (χ3v) is 4.93. The van der Waals surface area contributed by atoms with Gasteiger partial charge in [0.15, 0.2) is 0 Å². The molecule has 0 aliphatic carbocycles. The fourth-order valence-electron chi connectivity index (χ4n) is 3.39. The highest BCUT2D eigenvalue weighted by atomic mass is 19.1. The number of aryl methyl sites for hydroxylation is 1. The van der Waals surface area contributed by atoms with Gasteiger partial charge >= 0.3 is 0 Å². The second-order valence-electron chi connectivity index (χ2n) is 6.94. The number of anilines is 1. The summed E-state index contributed by atoms with van der Waals surface area (Å²) in [5.41, 5.74) is 2.50. The van der Waals surface area contributed by atoms with Gasteiger partial charge in [-0.2, -0.15) is 10.2 Å². The van der Waals surface area contributed by atoms with E-state index >= 15 is 0 Å². The van der Waals surface area contributed by atoms with Crippen molar-refractivity contribution in [3.63, 3.8) is 0 Å². The zero-order valence-electron chi connectivity index (χ0n) is 15.9. The monoisotopic (exact) mass is 390 g/mol. The maximum atomic E-state index is 13.1. The number of amides is 1. The fourth-order valence-corrected chi connectivity index (χ4v) is 3.39. The molecule has 1 saturated heterocycles. The first kappa shape index (κ1) is 18.7. The highest BCUT2D eigenvalue weighted by Crippen LogP contribution is 2.29. The summed E-state index contributed by atoms with van der Waals surface area (Å²) >= 11 is 0. The van der Waals surface area contributed by atoms with Crippen LogP contribution in [0.15, 0.2) is 52.9 Å². The van der Waals surface area contributed by atoms with Gasteiger partial charge in [-0.1, -0.05) is 17.7 Å². The van der Waals surface area contributed by atoms with E-state index in [1.807, 2.05) is 36.1 Å².